The first-order valence-corrected chi connectivity index (χ1v) is 12.4. The zero-order valence-electron chi connectivity index (χ0n) is 19.2. The first kappa shape index (κ1) is 24.7. The molecule has 0 bridgehead atoms. The van der Waals surface area contributed by atoms with Crippen LogP contribution in [0.5, 0.6) is 0 Å². The molecule has 178 valence electrons. The zero-order valence-corrected chi connectivity index (χ0v) is 20.0. The molecular weight excluding hydrogens is 446 g/mol. The summed E-state index contributed by atoms with van der Waals surface area (Å²) in [5.41, 5.74) is 3.62. The fourth-order valence-electron chi connectivity index (χ4n) is 3.75. The smallest absolute Gasteiger partial charge is 0.407 e. The third-order valence-electron chi connectivity index (χ3n) is 4.98. The van der Waals surface area contributed by atoms with E-state index in [1.807, 2.05) is 48.5 Å². The lowest BCUT2D eigenvalue weighted by molar-refractivity contribution is -0.155. The highest BCUT2D eigenvalue weighted by Crippen LogP contribution is 2.44. The molecule has 1 amide bonds. The number of amides is 1. The van der Waals surface area contributed by atoms with E-state index in [0.717, 1.165) is 28.5 Å². The van der Waals surface area contributed by atoms with Crippen LogP contribution in [0.4, 0.5) is 4.79 Å². The number of hydrogen-bond acceptors (Lipinski definition) is 7. The number of rotatable bonds is 8. The number of benzene rings is 2. The number of carbonyl (C=O) groups excluding carboxylic acids is 2. The second-order valence-corrected chi connectivity index (χ2v) is 10.6. The van der Waals surface area contributed by atoms with Crippen LogP contribution >= 0.6 is 0 Å². The Hall–Kier alpha value is -2.91. The molecule has 1 atom stereocenters. The summed E-state index contributed by atoms with van der Waals surface area (Å²) in [6, 6.07) is 15.0. The number of esters is 1. The van der Waals surface area contributed by atoms with E-state index in [1.165, 1.54) is 0 Å². The van der Waals surface area contributed by atoms with Gasteiger partial charge in [0.25, 0.3) is 10.1 Å². The van der Waals surface area contributed by atoms with Crippen LogP contribution in [0, 0.1) is 0 Å². The SMILES string of the molecule is CC(C)(C)OC(=O)CC(COS(C)(=O)=O)NC(=O)OCC1c2ccccc2-c2ccccc21. The maximum atomic E-state index is 12.5. The Morgan fingerprint density at radius 3 is 2.06 bits per heavy atom. The van der Waals surface area contributed by atoms with E-state index >= 15 is 0 Å². The molecule has 9 heteroatoms. The Labute approximate surface area is 194 Å². The Morgan fingerprint density at radius 1 is 1.00 bits per heavy atom. The number of nitrogens with one attached hydrogen (secondary N) is 1. The van der Waals surface area contributed by atoms with Crippen molar-refractivity contribution in [1.82, 2.24) is 5.32 Å². The molecule has 2 aromatic carbocycles. The van der Waals surface area contributed by atoms with E-state index in [1.54, 1.807) is 20.8 Å². The van der Waals surface area contributed by atoms with Crippen LogP contribution in [0.3, 0.4) is 0 Å². The highest BCUT2D eigenvalue weighted by atomic mass is 32.2. The fourth-order valence-corrected chi connectivity index (χ4v) is 4.16. The number of fused-ring (bicyclic) bond motifs is 3. The summed E-state index contributed by atoms with van der Waals surface area (Å²) in [5.74, 6) is -0.719. The van der Waals surface area contributed by atoms with Crippen LogP contribution in [-0.2, 0) is 28.6 Å². The van der Waals surface area contributed by atoms with Crippen LogP contribution in [-0.4, -0.2) is 51.6 Å². The molecule has 0 aromatic heterocycles. The van der Waals surface area contributed by atoms with Gasteiger partial charge in [0.05, 0.1) is 25.3 Å². The van der Waals surface area contributed by atoms with Crippen LogP contribution in [0.15, 0.2) is 48.5 Å². The van der Waals surface area contributed by atoms with Gasteiger partial charge in [0.1, 0.15) is 12.2 Å². The van der Waals surface area contributed by atoms with Gasteiger partial charge in [0.15, 0.2) is 0 Å². The number of hydrogen-bond donors (Lipinski definition) is 1. The molecule has 1 unspecified atom stereocenters. The zero-order chi connectivity index (χ0) is 24.2. The minimum atomic E-state index is -3.76. The number of carbonyl (C=O) groups is 2. The van der Waals surface area contributed by atoms with Gasteiger partial charge in [0.2, 0.25) is 0 Å². The second kappa shape index (κ2) is 9.93. The minimum Gasteiger partial charge on any atom is -0.460 e. The molecule has 0 fully saturated rings. The average Bonchev–Trinajstić information content (AvgIpc) is 3.02. The first-order chi connectivity index (χ1) is 15.4. The van der Waals surface area contributed by atoms with Crippen molar-refractivity contribution in [3.05, 3.63) is 59.7 Å². The second-order valence-electron chi connectivity index (χ2n) is 8.95. The van der Waals surface area contributed by atoms with Crippen LogP contribution in [0.1, 0.15) is 44.2 Å². The van der Waals surface area contributed by atoms with Crippen LogP contribution in [0.2, 0.25) is 0 Å². The molecule has 33 heavy (non-hydrogen) atoms. The molecule has 8 nitrogen and oxygen atoms in total. The van der Waals surface area contributed by atoms with Crippen molar-refractivity contribution in [2.45, 2.75) is 44.8 Å². The van der Waals surface area contributed by atoms with Gasteiger partial charge >= 0.3 is 12.1 Å². The third-order valence-corrected chi connectivity index (χ3v) is 5.55. The fraction of sp³-hybridized carbons (Fsp3) is 0.417. The van der Waals surface area contributed by atoms with Crippen molar-refractivity contribution < 1.29 is 31.7 Å². The molecule has 0 aliphatic heterocycles. The molecule has 1 aliphatic carbocycles. The molecule has 0 saturated carbocycles. The highest BCUT2D eigenvalue weighted by molar-refractivity contribution is 7.85. The van der Waals surface area contributed by atoms with Crippen molar-refractivity contribution in [3.8, 4) is 11.1 Å². The van der Waals surface area contributed by atoms with Gasteiger partial charge in [0, 0.05) is 5.92 Å². The first-order valence-electron chi connectivity index (χ1n) is 10.6. The van der Waals surface area contributed by atoms with E-state index in [0.29, 0.717) is 0 Å². The number of ether oxygens (including phenoxy) is 2. The van der Waals surface area contributed by atoms with Gasteiger partial charge in [-0.15, -0.1) is 0 Å². The van der Waals surface area contributed by atoms with E-state index in [-0.39, 0.29) is 18.9 Å². The van der Waals surface area contributed by atoms with E-state index < -0.39 is 40.4 Å². The maximum Gasteiger partial charge on any atom is 0.407 e. The topological polar surface area (TPSA) is 108 Å². The lowest BCUT2D eigenvalue weighted by Gasteiger charge is -2.23. The summed E-state index contributed by atoms with van der Waals surface area (Å²) in [5, 5.41) is 2.53. The molecule has 1 aliphatic rings. The Balaban J connectivity index is 1.65. The monoisotopic (exact) mass is 475 g/mol. The molecule has 0 saturated heterocycles. The molecule has 2 aromatic rings. The average molecular weight is 476 g/mol. The quantitative estimate of drug-likeness (QED) is 0.459. The maximum absolute atomic E-state index is 12.5. The normalized spacial score (nSPS) is 14.2. The van der Waals surface area contributed by atoms with Crippen LogP contribution in [0.25, 0.3) is 11.1 Å². The van der Waals surface area contributed by atoms with E-state index in [9.17, 15) is 18.0 Å². The standard InChI is InChI=1S/C24H29NO7S/c1-24(2,3)32-22(26)13-16(14-31-33(4,28)29)25-23(27)30-15-21-19-11-7-5-9-17(19)18-10-6-8-12-20(18)21/h5-12,16,21H,13-15H2,1-4H3,(H,25,27). The molecule has 1 N–H and O–H groups in total. The highest BCUT2D eigenvalue weighted by Gasteiger charge is 2.30. The Bertz CT molecular complexity index is 1080. The lowest BCUT2D eigenvalue weighted by atomic mass is 9.98. The summed E-state index contributed by atoms with van der Waals surface area (Å²) >= 11 is 0. The summed E-state index contributed by atoms with van der Waals surface area (Å²) in [6.45, 7) is 4.82. The summed E-state index contributed by atoms with van der Waals surface area (Å²) in [4.78, 5) is 24.7. The molecule has 0 radical (unpaired) electrons. The summed E-state index contributed by atoms with van der Waals surface area (Å²) in [6.07, 6.45) is -0.149. The summed E-state index contributed by atoms with van der Waals surface area (Å²) < 4.78 is 38.3. The predicted molar refractivity (Wildman–Crippen MR) is 123 cm³/mol. The summed E-state index contributed by atoms with van der Waals surface area (Å²) in [7, 11) is -3.76. The van der Waals surface area contributed by atoms with Crippen molar-refractivity contribution in [1.29, 1.82) is 0 Å². The van der Waals surface area contributed by atoms with Gasteiger partial charge in [-0.25, -0.2) is 4.79 Å². The van der Waals surface area contributed by atoms with Crippen molar-refractivity contribution >= 4 is 22.2 Å². The van der Waals surface area contributed by atoms with Gasteiger partial charge in [-0.2, -0.15) is 8.42 Å². The van der Waals surface area contributed by atoms with Gasteiger partial charge in [-0.1, -0.05) is 48.5 Å². The van der Waals surface area contributed by atoms with Crippen molar-refractivity contribution in [2.75, 3.05) is 19.5 Å². The number of alkyl carbamates (subject to hydrolysis) is 1. The molecule has 0 heterocycles. The third kappa shape index (κ3) is 7.03. The molecular formula is C24H29NO7S. The molecule has 3 rings (SSSR count). The largest absolute Gasteiger partial charge is 0.460 e. The van der Waals surface area contributed by atoms with E-state index in [4.69, 9.17) is 13.7 Å². The predicted octanol–water partition coefficient (Wildman–Crippen LogP) is 3.60. The van der Waals surface area contributed by atoms with E-state index in [2.05, 4.69) is 5.32 Å². The van der Waals surface area contributed by atoms with Crippen LogP contribution < -0.4 is 5.32 Å². The lowest BCUT2D eigenvalue weighted by Crippen LogP contribution is -2.42. The van der Waals surface area contributed by atoms with Crippen molar-refractivity contribution in [3.63, 3.8) is 0 Å². The Kier molecular flexibility index (Phi) is 7.44. The Morgan fingerprint density at radius 2 is 1.55 bits per heavy atom. The van der Waals surface area contributed by atoms with Gasteiger partial charge in [-0.05, 0) is 43.0 Å². The molecule has 0 spiro atoms. The van der Waals surface area contributed by atoms with Gasteiger partial charge in [-0.3, -0.25) is 8.98 Å². The van der Waals surface area contributed by atoms with Gasteiger partial charge < -0.3 is 14.8 Å². The minimum absolute atomic E-state index is 0.0892. The van der Waals surface area contributed by atoms with Crippen molar-refractivity contribution in [2.24, 2.45) is 0 Å².